The van der Waals surface area contributed by atoms with E-state index in [4.69, 9.17) is 4.74 Å². The van der Waals surface area contributed by atoms with E-state index in [2.05, 4.69) is 15.0 Å². The number of benzene rings is 2. The third kappa shape index (κ3) is 4.83. The molecule has 9 heteroatoms. The zero-order chi connectivity index (χ0) is 19.3. The van der Waals surface area contributed by atoms with Gasteiger partial charge in [-0.25, -0.2) is 13.4 Å². The minimum absolute atomic E-state index is 0.121. The molecule has 0 saturated carbocycles. The molecule has 7 nitrogen and oxygen atoms in total. The van der Waals surface area contributed by atoms with Crippen LogP contribution in [0.15, 0.2) is 64.9 Å². The fourth-order valence-corrected chi connectivity index (χ4v) is 4.16. The number of amides is 1. The molecule has 0 saturated heterocycles. The van der Waals surface area contributed by atoms with Crippen LogP contribution >= 0.6 is 11.3 Å². The van der Waals surface area contributed by atoms with Gasteiger partial charge in [0.25, 0.3) is 15.9 Å². The summed E-state index contributed by atoms with van der Waals surface area (Å²) < 4.78 is 32.3. The molecule has 0 aliphatic heterocycles. The predicted octanol–water partition coefficient (Wildman–Crippen LogP) is 3.59. The number of aromatic nitrogens is 1. The normalized spacial score (nSPS) is 11.0. The third-order valence-corrected chi connectivity index (χ3v) is 5.68. The van der Waals surface area contributed by atoms with E-state index in [1.54, 1.807) is 42.5 Å². The average Bonchev–Trinajstić information content (AvgIpc) is 3.12. The van der Waals surface area contributed by atoms with Crippen molar-refractivity contribution in [1.29, 1.82) is 0 Å². The summed E-state index contributed by atoms with van der Waals surface area (Å²) in [5.41, 5.74) is 0.711. The lowest BCUT2D eigenvalue weighted by atomic mass is 10.3. The lowest BCUT2D eigenvalue weighted by Gasteiger charge is -2.06. The molecule has 0 fully saturated rings. The number of carbonyl (C=O) groups excluding carboxylic acids is 1. The van der Waals surface area contributed by atoms with E-state index in [-0.39, 0.29) is 15.7 Å². The van der Waals surface area contributed by atoms with Gasteiger partial charge in [0.2, 0.25) is 0 Å². The van der Waals surface area contributed by atoms with Crippen molar-refractivity contribution in [2.45, 2.75) is 11.8 Å². The number of ether oxygens (including phenoxy) is 1. The van der Waals surface area contributed by atoms with E-state index in [1.807, 2.05) is 6.92 Å². The average molecular weight is 403 g/mol. The highest BCUT2D eigenvalue weighted by atomic mass is 32.2. The minimum Gasteiger partial charge on any atom is -0.494 e. The summed E-state index contributed by atoms with van der Waals surface area (Å²) in [6.07, 6.45) is 0. The summed E-state index contributed by atoms with van der Waals surface area (Å²) in [7, 11) is -3.74. The zero-order valence-corrected chi connectivity index (χ0v) is 16.0. The second-order valence-electron chi connectivity index (χ2n) is 5.37. The molecule has 3 aromatic rings. The summed E-state index contributed by atoms with van der Waals surface area (Å²) in [4.78, 5) is 16.5. The van der Waals surface area contributed by atoms with E-state index >= 15 is 0 Å². The predicted molar refractivity (Wildman–Crippen MR) is 105 cm³/mol. The first kappa shape index (κ1) is 18.9. The Morgan fingerprint density at radius 2 is 1.81 bits per heavy atom. The van der Waals surface area contributed by atoms with Gasteiger partial charge < -0.3 is 10.1 Å². The van der Waals surface area contributed by atoms with Gasteiger partial charge in [0, 0.05) is 11.1 Å². The van der Waals surface area contributed by atoms with Crippen LogP contribution in [-0.4, -0.2) is 25.9 Å². The first-order valence-electron chi connectivity index (χ1n) is 8.05. The summed E-state index contributed by atoms with van der Waals surface area (Å²) in [5.74, 6) is 0.280. The number of nitrogens with one attached hydrogen (secondary N) is 2. The van der Waals surface area contributed by atoms with E-state index in [9.17, 15) is 13.2 Å². The van der Waals surface area contributed by atoms with Crippen LogP contribution in [0.1, 0.15) is 17.4 Å². The molecule has 0 atom stereocenters. The number of hydrogen-bond acceptors (Lipinski definition) is 6. The fraction of sp³-hybridized carbons (Fsp3) is 0.111. The van der Waals surface area contributed by atoms with Gasteiger partial charge >= 0.3 is 0 Å². The molecule has 140 valence electrons. The van der Waals surface area contributed by atoms with E-state index in [0.717, 1.165) is 11.3 Å². The zero-order valence-electron chi connectivity index (χ0n) is 14.4. The third-order valence-electron chi connectivity index (χ3n) is 3.44. The Kier molecular flexibility index (Phi) is 5.72. The summed E-state index contributed by atoms with van der Waals surface area (Å²) in [6, 6.07) is 14.9. The second-order valence-corrected chi connectivity index (χ2v) is 7.91. The van der Waals surface area contributed by atoms with Gasteiger partial charge in [0.15, 0.2) is 5.13 Å². The van der Waals surface area contributed by atoms with Gasteiger partial charge in [-0.3, -0.25) is 9.52 Å². The van der Waals surface area contributed by atoms with Crippen molar-refractivity contribution >= 4 is 38.1 Å². The molecule has 0 aliphatic carbocycles. The van der Waals surface area contributed by atoms with E-state index < -0.39 is 15.9 Å². The number of hydrogen-bond donors (Lipinski definition) is 2. The largest absolute Gasteiger partial charge is 0.494 e. The Morgan fingerprint density at radius 3 is 2.48 bits per heavy atom. The SMILES string of the molecule is CCOc1ccc(NC(=O)c2csc(NS(=O)(=O)c3ccccc3)n2)cc1. The minimum atomic E-state index is -3.74. The Bertz CT molecular complexity index is 1020. The highest BCUT2D eigenvalue weighted by Crippen LogP contribution is 2.21. The topological polar surface area (TPSA) is 97.4 Å². The van der Waals surface area contributed by atoms with Gasteiger partial charge in [-0.1, -0.05) is 18.2 Å². The molecule has 0 radical (unpaired) electrons. The maximum atomic E-state index is 12.3. The highest BCUT2D eigenvalue weighted by Gasteiger charge is 2.17. The van der Waals surface area contributed by atoms with Crippen LogP contribution in [-0.2, 0) is 10.0 Å². The molecule has 0 unspecified atom stereocenters. The van der Waals surface area contributed by atoms with Gasteiger partial charge in [-0.15, -0.1) is 11.3 Å². The molecule has 0 spiro atoms. The molecule has 1 amide bonds. The molecular weight excluding hydrogens is 386 g/mol. The summed E-state index contributed by atoms with van der Waals surface area (Å²) in [5, 5.41) is 4.32. The van der Waals surface area contributed by atoms with Gasteiger partial charge in [0.05, 0.1) is 11.5 Å². The number of sulfonamides is 1. The monoisotopic (exact) mass is 403 g/mol. The van der Waals surface area contributed by atoms with Crippen molar-refractivity contribution in [2.24, 2.45) is 0 Å². The fourth-order valence-electron chi connectivity index (χ4n) is 2.19. The van der Waals surface area contributed by atoms with Crippen LogP contribution in [0.2, 0.25) is 0 Å². The summed E-state index contributed by atoms with van der Waals surface area (Å²) in [6.45, 7) is 2.45. The molecular formula is C18H17N3O4S2. The van der Waals surface area contributed by atoms with Gasteiger partial charge in [0.1, 0.15) is 11.4 Å². The smallest absolute Gasteiger partial charge is 0.275 e. The van der Waals surface area contributed by atoms with Crippen LogP contribution in [0.3, 0.4) is 0 Å². The number of anilines is 2. The Morgan fingerprint density at radius 1 is 1.11 bits per heavy atom. The van der Waals surface area contributed by atoms with Crippen LogP contribution in [0, 0.1) is 0 Å². The number of nitrogens with zero attached hydrogens (tertiary/aromatic N) is 1. The lowest BCUT2D eigenvalue weighted by Crippen LogP contribution is -2.14. The highest BCUT2D eigenvalue weighted by molar-refractivity contribution is 7.93. The summed E-state index contributed by atoms with van der Waals surface area (Å²) >= 11 is 1.04. The molecule has 3 rings (SSSR count). The van der Waals surface area contributed by atoms with E-state index in [1.165, 1.54) is 17.5 Å². The van der Waals surface area contributed by atoms with Gasteiger partial charge in [-0.2, -0.15) is 0 Å². The molecule has 2 aromatic carbocycles. The lowest BCUT2D eigenvalue weighted by molar-refractivity contribution is 0.102. The second kappa shape index (κ2) is 8.19. The van der Waals surface area contributed by atoms with Crippen molar-refractivity contribution in [1.82, 2.24) is 4.98 Å². The van der Waals surface area contributed by atoms with Crippen molar-refractivity contribution in [3.63, 3.8) is 0 Å². The van der Waals surface area contributed by atoms with Gasteiger partial charge in [-0.05, 0) is 43.3 Å². The van der Waals surface area contributed by atoms with Crippen LogP contribution < -0.4 is 14.8 Å². The number of carbonyl (C=O) groups is 1. The number of thiazole rings is 1. The van der Waals surface area contributed by atoms with Crippen molar-refractivity contribution in [3.8, 4) is 5.75 Å². The Labute approximate surface area is 161 Å². The Hall–Kier alpha value is -2.91. The van der Waals surface area contributed by atoms with Crippen LogP contribution in [0.25, 0.3) is 0 Å². The van der Waals surface area contributed by atoms with Crippen molar-refractivity contribution < 1.29 is 17.9 Å². The molecule has 27 heavy (non-hydrogen) atoms. The van der Waals surface area contributed by atoms with Crippen LogP contribution in [0.5, 0.6) is 5.75 Å². The molecule has 0 bridgehead atoms. The molecule has 1 aromatic heterocycles. The standard InChI is InChI=1S/C18H17N3O4S2/c1-2-25-14-10-8-13(9-11-14)19-17(22)16-12-26-18(20-16)21-27(23,24)15-6-4-3-5-7-15/h3-12H,2H2,1H3,(H,19,22)(H,20,21). The van der Waals surface area contributed by atoms with Crippen molar-refractivity contribution in [2.75, 3.05) is 16.6 Å². The molecule has 1 heterocycles. The first-order chi connectivity index (χ1) is 13.0. The maximum absolute atomic E-state index is 12.3. The van der Waals surface area contributed by atoms with E-state index in [0.29, 0.717) is 18.0 Å². The number of rotatable bonds is 7. The maximum Gasteiger partial charge on any atom is 0.275 e. The Balaban J connectivity index is 1.67. The van der Waals surface area contributed by atoms with Crippen LogP contribution in [0.4, 0.5) is 10.8 Å². The quantitative estimate of drug-likeness (QED) is 0.628. The molecule has 2 N–H and O–H groups in total. The molecule has 0 aliphatic rings. The first-order valence-corrected chi connectivity index (χ1v) is 10.4. The van der Waals surface area contributed by atoms with Crippen molar-refractivity contribution in [3.05, 3.63) is 65.7 Å².